The van der Waals surface area contributed by atoms with E-state index in [0.29, 0.717) is 0 Å². The lowest BCUT2D eigenvalue weighted by Gasteiger charge is -2.22. The molecular formula is C21H23N5O2. The van der Waals surface area contributed by atoms with Crippen LogP contribution in [-0.2, 0) is 4.74 Å². The molecule has 2 saturated heterocycles. The van der Waals surface area contributed by atoms with Crippen LogP contribution in [-0.4, -0.2) is 53.2 Å². The molecule has 144 valence electrons. The maximum atomic E-state index is 5.75. The molecule has 3 aliphatic rings. The third-order valence-electron chi connectivity index (χ3n) is 6.87. The average molecular weight is 377 g/mol. The predicted molar refractivity (Wildman–Crippen MR) is 104 cm³/mol. The van der Waals surface area contributed by atoms with E-state index in [2.05, 4.69) is 21.2 Å². The summed E-state index contributed by atoms with van der Waals surface area (Å²) < 4.78 is 12.8. The molecule has 1 saturated carbocycles. The van der Waals surface area contributed by atoms with Crippen LogP contribution >= 0.6 is 0 Å². The molecule has 1 aromatic carbocycles. The van der Waals surface area contributed by atoms with Gasteiger partial charge in [0.05, 0.1) is 25.1 Å². The molecule has 3 fully saturated rings. The van der Waals surface area contributed by atoms with Crippen LogP contribution in [0.2, 0.25) is 0 Å². The number of anilines is 1. The van der Waals surface area contributed by atoms with E-state index in [9.17, 15) is 0 Å². The lowest BCUT2D eigenvalue weighted by molar-refractivity contribution is 0.158. The van der Waals surface area contributed by atoms with Gasteiger partial charge in [-0.2, -0.15) is 9.61 Å². The third-order valence-corrected chi connectivity index (χ3v) is 6.87. The van der Waals surface area contributed by atoms with Crippen LogP contribution in [0.25, 0.3) is 16.9 Å². The Labute approximate surface area is 163 Å². The number of hydrogen-bond donors (Lipinski definition) is 0. The van der Waals surface area contributed by atoms with Gasteiger partial charge in [0.1, 0.15) is 12.1 Å². The van der Waals surface area contributed by atoms with E-state index in [4.69, 9.17) is 14.6 Å². The van der Waals surface area contributed by atoms with Crippen LogP contribution in [0.3, 0.4) is 0 Å². The van der Waals surface area contributed by atoms with Crippen molar-refractivity contribution in [1.82, 2.24) is 19.8 Å². The Kier molecular flexibility index (Phi) is 3.59. The normalized spacial score (nSPS) is 28.7. The van der Waals surface area contributed by atoms with Crippen molar-refractivity contribution in [3.63, 3.8) is 0 Å². The summed E-state index contributed by atoms with van der Waals surface area (Å²) in [6.07, 6.45) is 2.98. The largest absolute Gasteiger partial charge is 0.497 e. The Morgan fingerprint density at radius 2 is 1.96 bits per heavy atom. The van der Waals surface area contributed by atoms with Crippen LogP contribution in [0.1, 0.15) is 6.42 Å². The van der Waals surface area contributed by atoms with Gasteiger partial charge in [0.2, 0.25) is 5.65 Å². The number of rotatable bonds is 3. The fourth-order valence-electron chi connectivity index (χ4n) is 5.49. The first-order valence-corrected chi connectivity index (χ1v) is 9.98. The third kappa shape index (κ3) is 2.42. The summed E-state index contributed by atoms with van der Waals surface area (Å²) in [5, 5.41) is 13.2. The van der Waals surface area contributed by atoms with Crippen molar-refractivity contribution in [2.24, 2.45) is 23.7 Å². The van der Waals surface area contributed by atoms with Crippen molar-refractivity contribution in [2.45, 2.75) is 6.42 Å². The fraction of sp³-hybridized carbons (Fsp3) is 0.476. The van der Waals surface area contributed by atoms with Crippen LogP contribution in [0.4, 0.5) is 5.69 Å². The number of aromatic nitrogens is 4. The highest BCUT2D eigenvalue weighted by Crippen LogP contribution is 2.49. The summed E-state index contributed by atoms with van der Waals surface area (Å²) in [5.74, 6) is 3.84. The lowest BCUT2D eigenvalue weighted by atomic mass is 9.91. The van der Waals surface area contributed by atoms with Crippen molar-refractivity contribution in [2.75, 3.05) is 38.3 Å². The monoisotopic (exact) mass is 377 g/mol. The minimum Gasteiger partial charge on any atom is -0.497 e. The minimum absolute atomic E-state index is 0.729. The number of ether oxygens (including phenoxy) is 2. The molecule has 0 N–H and O–H groups in total. The van der Waals surface area contributed by atoms with E-state index in [1.54, 1.807) is 18.0 Å². The first kappa shape index (κ1) is 16.3. The van der Waals surface area contributed by atoms with E-state index in [1.807, 2.05) is 24.3 Å². The first-order valence-electron chi connectivity index (χ1n) is 9.98. The Bertz CT molecular complexity index is 1020. The molecule has 0 radical (unpaired) electrons. The van der Waals surface area contributed by atoms with E-state index < -0.39 is 0 Å². The SMILES string of the molecule is COc1ccc(-c2cc(N3C[C@@H]4C[C@@H]5COC[C@@H]5[C@@H]4C3)c3nncn3n2)cc1. The maximum absolute atomic E-state index is 5.75. The summed E-state index contributed by atoms with van der Waals surface area (Å²) in [5.41, 5.74) is 3.94. The quantitative estimate of drug-likeness (QED) is 0.699. The van der Waals surface area contributed by atoms with E-state index in [-0.39, 0.29) is 0 Å². The number of fused-ring (bicyclic) bond motifs is 4. The number of methoxy groups -OCH3 is 1. The minimum atomic E-state index is 0.729. The van der Waals surface area contributed by atoms with Gasteiger partial charge in [-0.25, -0.2) is 0 Å². The van der Waals surface area contributed by atoms with E-state index >= 15 is 0 Å². The molecule has 4 heterocycles. The lowest BCUT2D eigenvalue weighted by Crippen LogP contribution is -2.25. The molecule has 7 heteroatoms. The summed E-state index contributed by atoms with van der Waals surface area (Å²) in [6, 6.07) is 10.2. The van der Waals surface area contributed by atoms with Crippen LogP contribution in [0.5, 0.6) is 5.75 Å². The molecule has 0 bridgehead atoms. The van der Waals surface area contributed by atoms with Crippen molar-refractivity contribution in [1.29, 1.82) is 0 Å². The highest BCUT2D eigenvalue weighted by Gasteiger charge is 2.50. The first-order chi connectivity index (χ1) is 13.8. The fourth-order valence-corrected chi connectivity index (χ4v) is 5.49. The van der Waals surface area contributed by atoms with Gasteiger partial charge in [-0.05, 0) is 60.4 Å². The predicted octanol–water partition coefficient (Wildman–Crippen LogP) is 2.52. The Balaban J connectivity index is 1.37. The van der Waals surface area contributed by atoms with Gasteiger partial charge in [0, 0.05) is 25.3 Å². The van der Waals surface area contributed by atoms with Crippen molar-refractivity contribution in [3.05, 3.63) is 36.7 Å². The van der Waals surface area contributed by atoms with Gasteiger partial charge >= 0.3 is 0 Å². The zero-order chi connectivity index (χ0) is 18.7. The standard InChI is InChI=1S/C21H23N5O2/c1-27-16-4-2-13(3-5-16)19-7-20(21-23-22-12-26(21)24-19)25-8-14-6-15-10-28-11-18(15)17(14)9-25/h2-5,7,12,14-15,17-18H,6,8-11H2,1H3/t14-,15+,17+,18-/m0/s1. The van der Waals surface area contributed by atoms with Crippen molar-refractivity contribution >= 4 is 11.3 Å². The molecule has 6 rings (SSSR count). The Morgan fingerprint density at radius 3 is 2.82 bits per heavy atom. The Hall–Kier alpha value is -2.67. The van der Waals surface area contributed by atoms with E-state index in [1.165, 1.54) is 6.42 Å². The molecule has 3 aromatic rings. The summed E-state index contributed by atoms with van der Waals surface area (Å²) >= 11 is 0. The number of hydrogen-bond acceptors (Lipinski definition) is 6. The summed E-state index contributed by atoms with van der Waals surface area (Å²) in [4.78, 5) is 2.49. The van der Waals surface area contributed by atoms with E-state index in [0.717, 1.165) is 78.3 Å². The van der Waals surface area contributed by atoms with Crippen LogP contribution in [0.15, 0.2) is 36.7 Å². The smallest absolute Gasteiger partial charge is 0.200 e. The average Bonchev–Trinajstić information content (AvgIpc) is 3.48. The van der Waals surface area contributed by atoms with Crippen molar-refractivity contribution < 1.29 is 9.47 Å². The molecule has 0 amide bonds. The molecule has 0 unspecified atom stereocenters. The maximum Gasteiger partial charge on any atom is 0.200 e. The Morgan fingerprint density at radius 1 is 1.07 bits per heavy atom. The van der Waals surface area contributed by atoms with Gasteiger partial charge in [-0.1, -0.05) is 0 Å². The molecule has 28 heavy (non-hydrogen) atoms. The molecule has 2 aromatic heterocycles. The molecule has 4 atom stereocenters. The number of nitrogens with zero attached hydrogens (tertiary/aromatic N) is 5. The van der Waals surface area contributed by atoms with Crippen LogP contribution in [0, 0.1) is 23.7 Å². The molecule has 7 nitrogen and oxygen atoms in total. The van der Waals surface area contributed by atoms with Crippen LogP contribution < -0.4 is 9.64 Å². The number of benzene rings is 1. The van der Waals surface area contributed by atoms with Gasteiger partial charge in [0.25, 0.3) is 0 Å². The highest BCUT2D eigenvalue weighted by molar-refractivity contribution is 5.74. The summed E-state index contributed by atoms with van der Waals surface area (Å²) in [7, 11) is 1.68. The molecule has 2 aliphatic heterocycles. The molecule has 1 aliphatic carbocycles. The summed E-state index contributed by atoms with van der Waals surface area (Å²) in [6.45, 7) is 4.06. The topological polar surface area (TPSA) is 64.8 Å². The van der Waals surface area contributed by atoms with Gasteiger partial charge in [-0.3, -0.25) is 0 Å². The second-order valence-electron chi connectivity index (χ2n) is 8.27. The molecular weight excluding hydrogens is 354 g/mol. The highest BCUT2D eigenvalue weighted by atomic mass is 16.5. The molecule has 0 spiro atoms. The zero-order valence-corrected chi connectivity index (χ0v) is 15.9. The van der Waals surface area contributed by atoms with Gasteiger partial charge in [0.15, 0.2) is 0 Å². The van der Waals surface area contributed by atoms with Crippen molar-refractivity contribution in [3.8, 4) is 17.0 Å². The zero-order valence-electron chi connectivity index (χ0n) is 15.9. The second-order valence-corrected chi connectivity index (χ2v) is 8.27. The second kappa shape index (κ2) is 6.17. The van der Waals surface area contributed by atoms with Gasteiger partial charge < -0.3 is 14.4 Å². The van der Waals surface area contributed by atoms with Gasteiger partial charge in [-0.15, -0.1) is 10.2 Å².